The summed E-state index contributed by atoms with van der Waals surface area (Å²) in [6.07, 6.45) is 0.260. The molecule has 2 heterocycles. The molecule has 1 aliphatic heterocycles. The predicted octanol–water partition coefficient (Wildman–Crippen LogP) is 2.52. The third-order valence-corrected chi connectivity index (χ3v) is 6.41. The van der Waals surface area contributed by atoms with E-state index in [-0.39, 0.29) is 24.8 Å². The van der Waals surface area contributed by atoms with Crippen molar-refractivity contribution in [3.05, 3.63) is 72.3 Å². The minimum absolute atomic E-state index is 0.0457. The van der Waals surface area contributed by atoms with E-state index in [0.29, 0.717) is 39.3 Å². The Bertz CT molecular complexity index is 1160. The maximum atomic E-state index is 13.1. The molecule has 2 aromatic carbocycles. The fourth-order valence-corrected chi connectivity index (χ4v) is 4.25. The molecule has 0 N–H and O–H groups in total. The number of piperazine rings is 1. The molecule has 0 unspecified atom stereocenters. The van der Waals surface area contributed by atoms with Crippen LogP contribution < -0.4 is 9.64 Å². The smallest absolute Gasteiger partial charge is 0.242 e. The molecule has 194 valence electrons. The van der Waals surface area contributed by atoms with Gasteiger partial charge in [-0.05, 0) is 29.8 Å². The summed E-state index contributed by atoms with van der Waals surface area (Å²) >= 11 is 0. The van der Waals surface area contributed by atoms with Gasteiger partial charge in [0.2, 0.25) is 11.8 Å². The second kappa shape index (κ2) is 12.8. The number of carbonyl (C=O) groups excluding carboxylic acids is 2. The van der Waals surface area contributed by atoms with Crippen molar-refractivity contribution in [3.63, 3.8) is 0 Å². The van der Waals surface area contributed by atoms with Crippen LogP contribution in [0.1, 0.15) is 5.56 Å². The molecule has 0 spiro atoms. The van der Waals surface area contributed by atoms with Crippen molar-refractivity contribution in [2.24, 2.45) is 0 Å². The molecule has 3 aromatic rings. The minimum Gasteiger partial charge on any atom is -0.497 e. The SMILES string of the molecule is COCCN(CC(=O)N1CCN(c2ccc(-c3cccc(OC)c3)nn2)CC1)C(=O)Cc1ccccc1. The third-order valence-electron chi connectivity index (χ3n) is 6.41. The Morgan fingerprint density at radius 3 is 2.38 bits per heavy atom. The van der Waals surface area contributed by atoms with Gasteiger partial charge in [-0.15, -0.1) is 10.2 Å². The minimum atomic E-state index is -0.0818. The zero-order valence-electron chi connectivity index (χ0n) is 21.4. The van der Waals surface area contributed by atoms with Gasteiger partial charge in [0, 0.05) is 45.4 Å². The summed E-state index contributed by atoms with van der Waals surface area (Å²) < 4.78 is 10.5. The highest BCUT2D eigenvalue weighted by molar-refractivity contribution is 5.86. The lowest BCUT2D eigenvalue weighted by Gasteiger charge is -2.36. The molecule has 9 heteroatoms. The van der Waals surface area contributed by atoms with Gasteiger partial charge in [-0.25, -0.2) is 0 Å². The Hall–Kier alpha value is -3.98. The summed E-state index contributed by atoms with van der Waals surface area (Å²) in [7, 11) is 3.23. The number of aromatic nitrogens is 2. The van der Waals surface area contributed by atoms with Crippen LogP contribution >= 0.6 is 0 Å². The van der Waals surface area contributed by atoms with Crippen LogP contribution in [0.2, 0.25) is 0 Å². The number of ether oxygens (including phenoxy) is 2. The lowest BCUT2D eigenvalue weighted by atomic mass is 10.1. The van der Waals surface area contributed by atoms with Gasteiger partial charge in [-0.2, -0.15) is 0 Å². The second-order valence-electron chi connectivity index (χ2n) is 8.85. The molecule has 2 amide bonds. The highest BCUT2D eigenvalue weighted by Crippen LogP contribution is 2.23. The van der Waals surface area contributed by atoms with Gasteiger partial charge in [0.25, 0.3) is 0 Å². The van der Waals surface area contributed by atoms with E-state index in [9.17, 15) is 9.59 Å². The van der Waals surface area contributed by atoms with Gasteiger partial charge in [0.05, 0.1) is 32.4 Å². The number of nitrogens with zero attached hydrogens (tertiary/aromatic N) is 5. The van der Waals surface area contributed by atoms with Gasteiger partial charge < -0.3 is 24.2 Å². The van der Waals surface area contributed by atoms with Gasteiger partial charge in [-0.1, -0.05) is 42.5 Å². The number of carbonyl (C=O) groups is 2. The van der Waals surface area contributed by atoms with Crippen molar-refractivity contribution < 1.29 is 19.1 Å². The van der Waals surface area contributed by atoms with Crippen LogP contribution in [0.25, 0.3) is 11.3 Å². The maximum absolute atomic E-state index is 13.1. The first-order chi connectivity index (χ1) is 18.1. The summed E-state index contributed by atoms with van der Waals surface area (Å²) in [5.74, 6) is 1.41. The van der Waals surface area contributed by atoms with Gasteiger partial charge in [0.1, 0.15) is 5.75 Å². The third kappa shape index (κ3) is 7.04. The van der Waals surface area contributed by atoms with E-state index < -0.39 is 0 Å². The molecule has 4 rings (SSSR count). The molecule has 1 fully saturated rings. The maximum Gasteiger partial charge on any atom is 0.242 e. The van der Waals surface area contributed by atoms with E-state index in [4.69, 9.17) is 9.47 Å². The average molecular weight is 504 g/mol. The highest BCUT2D eigenvalue weighted by atomic mass is 16.5. The van der Waals surface area contributed by atoms with Gasteiger partial charge >= 0.3 is 0 Å². The first kappa shape index (κ1) is 26.1. The van der Waals surface area contributed by atoms with Crippen molar-refractivity contribution in [3.8, 4) is 17.0 Å². The Morgan fingerprint density at radius 1 is 0.919 bits per heavy atom. The van der Waals surface area contributed by atoms with E-state index in [1.54, 1.807) is 19.1 Å². The molecule has 0 atom stereocenters. The molecule has 0 radical (unpaired) electrons. The summed E-state index contributed by atoms with van der Waals surface area (Å²) in [5.41, 5.74) is 2.64. The molecule has 1 aromatic heterocycles. The molecule has 1 saturated heterocycles. The van der Waals surface area contributed by atoms with E-state index in [2.05, 4.69) is 15.1 Å². The Kier molecular flexibility index (Phi) is 9.04. The van der Waals surface area contributed by atoms with Crippen LogP contribution in [0.5, 0.6) is 5.75 Å². The monoisotopic (exact) mass is 503 g/mol. The Balaban J connectivity index is 1.31. The first-order valence-corrected chi connectivity index (χ1v) is 12.4. The van der Waals surface area contributed by atoms with E-state index in [1.807, 2.05) is 71.6 Å². The van der Waals surface area contributed by atoms with Crippen LogP contribution in [-0.4, -0.2) is 91.9 Å². The summed E-state index contributed by atoms with van der Waals surface area (Å²) in [5, 5.41) is 8.81. The second-order valence-corrected chi connectivity index (χ2v) is 8.85. The zero-order chi connectivity index (χ0) is 26.0. The average Bonchev–Trinajstić information content (AvgIpc) is 2.96. The van der Waals surface area contributed by atoms with E-state index >= 15 is 0 Å². The lowest BCUT2D eigenvalue weighted by Crippen LogP contribution is -2.52. The normalized spacial score (nSPS) is 13.4. The van der Waals surface area contributed by atoms with Crippen molar-refractivity contribution in [1.29, 1.82) is 0 Å². The topological polar surface area (TPSA) is 88.1 Å². The highest BCUT2D eigenvalue weighted by Gasteiger charge is 2.25. The lowest BCUT2D eigenvalue weighted by molar-refractivity contribution is -0.140. The Labute approximate surface area is 217 Å². The zero-order valence-corrected chi connectivity index (χ0v) is 21.4. The standard InChI is InChI=1S/C28H33N5O4/c1-36-18-17-33(27(34)19-22-7-4-3-5-8-22)21-28(35)32-15-13-31(14-16-32)26-12-11-25(29-30-26)23-9-6-10-24(20-23)37-2/h3-12,20H,13-19,21H2,1-2H3. The van der Waals surface area contributed by atoms with Crippen LogP contribution in [0.15, 0.2) is 66.7 Å². The molecular weight excluding hydrogens is 470 g/mol. The van der Waals surface area contributed by atoms with Crippen LogP contribution in [0.4, 0.5) is 5.82 Å². The van der Waals surface area contributed by atoms with Crippen molar-refractivity contribution in [2.45, 2.75) is 6.42 Å². The number of hydrogen-bond donors (Lipinski definition) is 0. The van der Waals surface area contributed by atoms with E-state index in [1.165, 1.54) is 0 Å². The summed E-state index contributed by atoms with van der Waals surface area (Å²) in [4.78, 5) is 31.5. The molecule has 0 aliphatic carbocycles. The summed E-state index contributed by atoms with van der Waals surface area (Å²) in [6, 6.07) is 21.2. The largest absolute Gasteiger partial charge is 0.497 e. The number of anilines is 1. The van der Waals surface area contributed by atoms with Gasteiger partial charge in [-0.3, -0.25) is 9.59 Å². The fraction of sp³-hybridized carbons (Fsp3) is 0.357. The number of methoxy groups -OCH3 is 2. The van der Waals surface area contributed by atoms with Crippen LogP contribution in [0.3, 0.4) is 0 Å². The summed E-state index contributed by atoms with van der Waals surface area (Å²) in [6.45, 7) is 3.22. The molecule has 0 saturated carbocycles. The van der Waals surface area contributed by atoms with Crippen molar-refractivity contribution >= 4 is 17.6 Å². The van der Waals surface area contributed by atoms with Gasteiger partial charge in [0.15, 0.2) is 5.82 Å². The quantitative estimate of drug-likeness (QED) is 0.420. The number of amides is 2. The van der Waals surface area contributed by atoms with Crippen LogP contribution in [-0.2, 0) is 20.7 Å². The predicted molar refractivity (Wildman–Crippen MR) is 141 cm³/mol. The molecule has 1 aliphatic rings. The van der Waals surface area contributed by atoms with Crippen molar-refractivity contribution in [2.75, 3.05) is 65.0 Å². The molecule has 37 heavy (non-hydrogen) atoms. The Morgan fingerprint density at radius 2 is 1.70 bits per heavy atom. The first-order valence-electron chi connectivity index (χ1n) is 12.4. The molecule has 0 bridgehead atoms. The van der Waals surface area contributed by atoms with Crippen LogP contribution in [0, 0.1) is 0 Å². The molecule has 9 nitrogen and oxygen atoms in total. The fourth-order valence-electron chi connectivity index (χ4n) is 4.25. The number of benzene rings is 2. The number of rotatable bonds is 10. The van der Waals surface area contributed by atoms with Crippen molar-refractivity contribution in [1.82, 2.24) is 20.0 Å². The van der Waals surface area contributed by atoms with E-state index in [0.717, 1.165) is 28.4 Å². The molecular formula is C28H33N5O4. The number of hydrogen-bond acceptors (Lipinski definition) is 7.